The number of pyridine rings is 1. The summed E-state index contributed by atoms with van der Waals surface area (Å²) in [6.45, 7) is 8.38. The normalized spacial score (nSPS) is 16.1. The van der Waals surface area contributed by atoms with Gasteiger partial charge in [0.1, 0.15) is 10.6 Å². The molecule has 1 aliphatic carbocycles. The fourth-order valence-electron chi connectivity index (χ4n) is 5.07. The lowest BCUT2D eigenvalue weighted by Crippen LogP contribution is -2.47. The molecule has 0 amide bonds. The average molecular weight is 442 g/mol. The number of piperazine rings is 1. The summed E-state index contributed by atoms with van der Waals surface area (Å²) >= 11 is 1.87. The third-order valence-electron chi connectivity index (χ3n) is 6.96. The molecular weight excluding hydrogens is 414 g/mol. The lowest BCUT2D eigenvalue weighted by atomic mass is 10.1. The molecular formula is C26H27N5S. The standard InChI is InChI=1S/C26H27N5S/c1-17-6-3-9-21(18(17)2)30-12-14-31(15-13-30)25-23-20-8-4-10-22(20)32-26(23)29-24(28-25)19-7-5-11-27-16-19/h3,5-7,9,11,16H,4,8,10,12-15H2,1-2H3. The third kappa shape index (κ3) is 3.25. The van der Waals surface area contributed by atoms with Gasteiger partial charge in [-0.05, 0) is 68.0 Å². The Labute approximate surface area is 192 Å². The van der Waals surface area contributed by atoms with Gasteiger partial charge >= 0.3 is 0 Å². The maximum atomic E-state index is 5.14. The van der Waals surface area contributed by atoms with E-state index in [-0.39, 0.29) is 0 Å². The van der Waals surface area contributed by atoms with Gasteiger partial charge in [0.15, 0.2) is 5.82 Å². The molecule has 0 saturated carbocycles. The SMILES string of the molecule is Cc1cccc(N2CCN(c3nc(-c4cccnc4)nc4sc5c(c34)CCC5)CC2)c1C. The number of fused-ring (bicyclic) bond motifs is 3. The molecule has 32 heavy (non-hydrogen) atoms. The van der Waals surface area contributed by atoms with Crippen molar-refractivity contribution in [2.75, 3.05) is 36.0 Å². The van der Waals surface area contributed by atoms with Gasteiger partial charge in [0.25, 0.3) is 0 Å². The van der Waals surface area contributed by atoms with Crippen molar-refractivity contribution in [1.29, 1.82) is 0 Å². The molecule has 6 rings (SSSR count). The Morgan fingerprint density at radius 3 is 2.56 bits per heavy atom. The fourth-order valence-corrected chi connectivity index (χ4v) is 6.32. The first-order valence-corrected chi connectivity index (χ1v) is 12.3. The monoisotopic (exact) mass is 441 g/mol. The molecule has 0 N–H and O–H groups in total. The maximum Gasteiger partial charge on any atom is 0.164 e. The molecule has 4 aromatic rings. The quantitative estimate of drug-likeness (QED) is 0.438. The number of benzene rings is 1. The highest BCUT2D eigenvalue weighted by molar-refractivity contribution is 7.19. The number of rotatable bonds is 3. The van der Waals surface area contributed by atoms with Crippen LogP contribution in [0.4, 0.5) is 11.5 Å². The maximum absolute atomic E-state index is 5.14. The van der Waals surface area contributed by atoms with E-state index in [0.717, 1.165) is 54.6 Å². The molecule has 6 heteroatoms. The van der Waals surface area contributed by atoms with Crippen molar-refractivity contribution in [1.82, 2.24) is 15.0 Å². The third-order valence-corrected chi connectivity index (χ3v) is 8.15. The van der Waals surface area contributed by atoms with Crippen LogP contribution in [0.3, 0.4) is 0 Å². The van der Waals surface area contributed by atoms with Gasteiger partial charge in [-0.15, -0.1) is 11.3 Å². The number of hydrogen-bond donors (Lipinski definition) is 0. The van der Waals surface area contributed by atoms with Crippen LogP contribution in [0.5, 0.6) is 0 Å². The molecule has 0 atom stereocenters. The van der Waals surface area contributed by atoms with Gasteiger partial charge in [-0.1, -0.05) is 12.1 Å². The van der Waals surface area contributed by atoms with Gasteiger partial charge in [0.2, 0.25) is 0 Å². The van der Waals surface area contributed by atoms with Crippen LogP contribution in [0, 0.1) is 13.8 Å². The van der Waals surface area contributed by atoms with E-state index in [1.807, 2.05) is 23.6 Å². The molecule has 5 nitrogen and oxygen atoms in total. The fraction of sp³-hybridized carbons (Fsp3) is 0.346. The van der Waals surface area contributed by atoms with E-state index >= 15 is 0 Å². The molecule has 0 spiro atoms. The van der Waals surface area contributed by atoms with Crippen molar-refractivity contribution < 1.29 is 0 Å². The molecule has 3 aromatic heterocycles. The van der Waals surface area contributed by atoms with Crippen molar-refractivity contribution in [2.45, 2.75) is 33.1 Å². The number of aryl methyl sites for hydroxylation is 3. The molecule has 1 aliphatic heterocycles. The first-order chi connectivity index (χ1) is 15.7. The van der Waals surface area contributed by atoms with Crippen LogP contribution in [0.15, 0.2) is 42.7 Å². The van der Waals surface area contributed by atoms with Crippen molar-refractivity contribution in [3.05, 3.63) is 64.3 Å². The summed E-state index contributed by atoms with van der Waals surface area (Å²) in [5.74, 6) is 1.91. The Bertz CT molecular complexity index is 1290. The second-order valence-corrected chi connectivity index (χ2v) is 9.93. The highest BCUT2D eigenvalue weighted by atomic mass is 32.1. The highest BCUT2D eigenvalue weighted by Crippen LogP contribution is 2.41. The highest BCUT2D eigenvalue weighted by Gasteiger charge is 2.27. The van der Waals surface area contributed by atoms with Gasteiger partial charge < -0.3 is 9.80 Å². The number of hydrogen-bond acceptors (Lipinski definition) is 6. The largest absolute Gasteiger partial charge is 0.368 e. The summed E-state index contributed by atoms with van der Waals surface area (Å²) in [4.78, 5) is 22.1. The minimum Gasteiger partial charge on any atom is -0.368 e. The van der Waals surface area contributed by atoms with E-state index in [2.05, 4.69) is 52.9 Å². The Morgan fingerprint density at radius 1 is 0.906 bits per heavy atom. The summed E-state index contributed by atoms with van der Waals surface area (Å²) in [5.41, 5.74) is 6.59. The Hall–Kier alpha value is -2.99. The van der Waals surface area contributed by atoms with E-state index in [9.17, 15) is 0 Å². The predicted octanol–water partition coefficient (Wildman–Crippen LogP) is 5.19. The molecule has 0 unspecified atom stereocenters. The average Bonchev–Trinajstić information content (AvgIpc) is 3.42. The van der Waals surface area contributed by atoms with Crippen LogP contribution in [0.25, 0.3) is 21.6 Å². The summed E-state index contributed by atoms with van der Waals surface area (Å²) in [6, 6.07) is 10.6. The minimum absolute atomic E-state index is 0.789. The molecule has 162 valence electrons. The number of nitrogens with zero attached hydrogens (tertiary/aromatic N) is 5. The number of aromatic nitrogens is 3. The van der Waals surface area contributed by atoms with Crippen LogP contribution in [0.2, 0.25) is 0 Å². The molecule has 1 aromatic carbocycles. The van der Waals surface area contributed by atoms with Crippen LogP contribution < -0.4 is 9.80 Å². The van der Waals surface area contributed by atoms with Crippen molar-refractivity contribution in [2.24, 2.45) is 0 Å². The summed E-state index contributed by atoms with van der Waals surface area (Å²) < 4.78 is 0. The van der Waals surface area contributed by atoms with Crippen molar-refractivity contribution >= 4 is 33.1 Å². The summed E-state index contributed by atoms with van der Waals surface area (Å²) in [6.07, 6.45) is 7.25. The van der Waals surface area contributed by atoms with E-state index in [4.69, 9.17) is 9.97 Å². The zero-order valence-corrected chi connectivity index (χ0v) is 19.5. The van der Waals surface area contributed by atoms with E-state index in [1.165, 1.54) is 45.5 Å². The molecule has 1 fully saturated rings. The van der Waals surface area contributed by atoms with Gasteiger partial charge in [-0.25, -0.2) is 9.97 Å². The van der Waals surface area contributed by atoms with Gasteiger partial charge in [-0.3, -0.25) is 4.98 Å². The van der Waals surface area contributed by atoms with E-state index in [0.29, 0.717) is 0 Å². The second kappa shape index (κ2) is 7.85. The first kappa shape index (κ1) is 19.7. The van der Waals surface area contributed by atoms with Gasteiger partial charge in [-0.2, -0.15) is 0 Å². The van der Waals surface area contributed by atoms with E-state index < -0.39 is 0 Å². The molecule has 0 radical (unpaired) electrons. The first-order valence-electron chi connectivity index (χ1n) is 11.5. The molecule has 1 saturated heterocycles. The van der Waals surface area contributed by atoms with Gasteiger partial charge in [0.05, 0.1) is 5.39 Å². The Morgan fingerprint density at radius 2 is 1.75 bits per heavy atom. The zero-order chi connectivity index (χ0) is 21.7. The van der Waals surface area contributed by atoms with E-state index in [1.54, 1.807) is 6.20 Å². The van der Waals surface area contributed by atoms with Crippen molar-refractivity contribution in [3.8, 4) is 11.4 Å². The minimum atomic E-state index is 0.789. The van der Waals surface area contributed by atoms with Crippen LogP contribution in [-0.2, 0) is 12.8 Å². The lowest BCUT2D eigenvalue weighted by Gasteiger charge is -2.38. The van der Waals surface area contributed by atoms with Crippen LogP contribution in [-0.4, -0.2) is 41.1 Å². The van der Waals surface area contributed by atoms with Crippen molar-refractivity contribution in [3.63, 3.8) is 0 Å². The summed E-state index contributed by atoms with van der Waals surface area (Å²) in [7, 11) is 0. The molecule has 4 heterocycles. The molecule has 2 aliphatic rings. The second-order valence-electron chi connectivity index (χ2n) is 8.84. The predicted molar refractivity (Wildman–Crippen MR) is 133 cm³/mol. The van der Waals surface area contributed by atoms with Crippen LogP contribution in [0.1, 0.15) is 28.0 Å². The Balaban J connectivity index is 1.38. The number of anilines is 2. The zero-order valence-electron chi connectivity index (χ0n) is 18.6. The smallest absolute Gasteiger partial charge is 0.164 e. The lowest BCUT2D eigenvalue weighted by molar-refractivity contribution is 0.647. The topological polar surface area (TPSA) is 45.2 Å². The van der Waals surface area contributed by atoms with Crippen LogP contribution >= 0.6 is 11.3 Å². The number of thiophene rings is 1. The molecule has 0 bridgehead atoms. The Kier molecular flexibility index (Phi) is 4.83. The van der Waals surface area contributed by atoms with Gasteiger partial charge in [0, 0.05) is 54.7 Å². The summed E-state index contributed by atoms with van der Waals surface area (Å²) in [5, 5.41) is 1.30.